The number of hydrogen-bond acceptors (Lipinski definition) is 3. The fourth-order valence-electron chi connectivity index (χ4n) is 1.37. The average molecular weight is 219 g/mol. The van der Waals surface area contributed by atoms with Crippen LogP contribution in [-0.2, 0) is 4.74 Å². The van der Waals surface area contributed by atoms with Gasteiger partial charge in [0.05, 0.1) is 32.4 Å². The van der Waals surface area contributed by atoms with E-state index >= 15 is 0 Å². The van der Waals surface area contributed by atoms with Gasteiger partial charge in [-0.1, -0.05) is 0 Å². The maximum absolute atomic E-state index is 13.1. The largest absolute Gasteiger partial charge is 0.465 e. The first-order chi connectivity index (χ1) is 7.04. The van der Waals surface area contributed by atoms with E-state index in [1.165, 1.54) is 0 Å². The topological polar surface area (TPSA) is 70.0 Å². The molecule has 0 aliphatic carbocycles. The Labute approximate surface area is 86.8 Å². The van der Waals surface area contributed by atoms with Crippen molar-refractivity contribution >= 4 is 6.09 Å². The van der Waals surface area contributed by atoms with Gasteiger partial charge >= 0.3 is 6.09 Å². The summed E-state index contributed by atoms with van der Waals surface area (Å²) in [7, 11) is 0. The molecule has 1 heterocycles. The van der Waals surface area contributed by atoms with Crippen LogP contribution < -0.4 is 0 Å². The van der Waals surface area contributed by atoms with Crippen molar-refractivity contribution in [2.45, 2.75) is 13.0 Å². The van der Waals surface area contributed by atoms with Crippen molar-refractivity contribution in [3.8, 4) is 0 Å². The predicted octanol–water partition coefficient (Wildman–Crippen LogP) is 0.601. The Balaban J connectivity index is 2.82. The van der Waals surface area contributed by atoms with Gasteiger partial charge in [-0.25, -0.2) is 9.18 Å². The molecule has 0 bridgehead atoms. The van der Waals surface area contributed by atoms with Crippen LogP contribution in [0.3, 0.4) is 0 Å². The second-order valence-corrected chi connectivity index (χ2v) is 3.45. The Bertz CT molecular complexity index is 279. The summed E-state index contributed by atoms with van der Waals surface area (Å²) in [6, 6.07) is 0. The molecule has 86 valence electrons. The lowest BCUT2D eigenvalue weighted by Crippen LogP contribution is -2.35. The number of carbonyl (C=O) groups is 1. The molecular weight excluding hydrogens is 205 g/mol. The van der Waals surface area contributed by atoms with Crippen molar-refractivity contribution in [3.63, 3.8) is 0 Å². The van der Waals surface area contributed by atoms with E-state index in [1.54, 1.807) is 6.92 Å². The molecule has 0 saturated carbocycles. The minimum absolute atomic E-state index is 0.0251. The number of carboxylic acid groups (broad SMARTS) is 1. The summed E-state index contributed by atoms with van der Waals surface area (Å²) < 4.78 is 18.3. The summed E-state index contributed by atoms with van der Waals surface area (Å²) in [6.07, 6.45) is -1.39. The van der Waals surface area contributed by atoms with E-state index < -0.39 is 18.5 Å². The Morgan fingerprint density at radius 1 is 1.73 bits per heavy atom. The summed E-state index contributed by atoms with van der Waals surface area (Å²) in [6.45, 7) is 1.18. The molecule has 1 saturated heterocycles. The molecule has 1 aliphatic rings. The van der Waals surface area contributed by atoms with E-state index in [2.05, 4.69) is 0 Å². The van der Waals surface area contributed by atoms with Crippen molar-refractivity contribution in [2.24, 2.45) is 0 Å². The number of amides is 1. The quantitative estimate of drug-likeness (QED) is 0.677. The van der Waals surface area contributed by atoms with Crippen LogP contribution in [0.5, 0.6) is 0 Å². The van der Waals surface area contributed by atoms with Crippen LogP contribution in [0.1, 0.15) is 6.92 Å². The number of rotatable bonds is 1. The lowest BCUT2D eigenvalue weighted by Gasteiger charge is -2.18. The molecule has 0 aromatic carbocycles. The van der Waals surface area contributed by atoms with Gasteiger partial charge in [-0.3, -0.25) is 0 Å². The van der Waals surface area contributed by atoms with Crippen LogP contribution in [0.25, 0.3) is 0 Å². The lowest BCUT2D eigenvalue weighted by atomic mass is 10.2. The van der Waals surface area contributed by atoms with Gasteiger partial charge in [-0.05, 0) is 6.92 Å². The third kappa shape index (κ3) is 3.17. The molecule has 1 atom stereocenters. The van der Waals surface area contributed by atoms with Gasteiger partial charge in [0.15, 0.2) is 0 Å². The number of ether oxygens (including phenoxy) is 1. The van der Waals surface area contributed by atoms with Crippen molar-refractivity contribution in [1.82, 2.24) is 4.90 Å². The number of halogens is 1. The van der Waals surface area contributed by atoms with Gasteiger partial charge in [-0.15, -0.1) is 0 Å². The van der Waals surface area contributed by atoms with E-state index in [4.69, 9.17) is 14.9 Å². The zero-order valence-corrected chi connectivity index (χ0v) is 8.44. The summed E-state index contributed by atoms with van der Waals surface area (Å²) in [5.41, 5.74) is 0.184. The highest BCUT2D eigenvalue weighted by Gasteiger charge is 2.23. The average Bonchev–Trinajstić information content (AvgIpc) is 2.39. The van der Waals surface area contributed by atoms with E-state index in [0.717, 1.165) is 4.90 Å². The summed E-state index contributed by atoms with van der Waals surface area (Å²) in [5.74, 6) is -0.713. The smallest absolute Gasteiger partial charge is 0.407 e. The molecule has 1 rings (SSSR count). The highest BCUT2D eigenvalue weighted by atomic mass is 19.1. The van der Waals surface area contributed by atoms with Crippen LogP contribution >= 0.6 is 0 Å². The number of aliphatic hydroxyl groups excluding tert-OH is 1. The zero-order chi connectivity index (χ0) is 11.4. The molecular formula is C9H14FNO4. The molecule has 6 heteroatoms. The normalized spacial score (nSPS) is 26.1. The second kappa shape index (κ2) is 5.09. The molecule has 0 aromatic rings. The highest BCUT2D eigenvalue weighted by molar-refractivity contribution is 5.65. The molecule has 15 heavy (non-hydrogen) atoms. The molecule has 0 unspecified atom stereocenters. The standard InChI is InChI=1S/C9H14FNO4/c1-6-2-11(9(13)14)3-7(5-15-6)8(10)4-12/h6,12H,2-5H2,1H3,(H,13,14)/t6-/m0/s1. The van der Waals surface area contributed by atoms with Gasteiger partial charge in [0.25, 0.3) is 0 Å². The molecule has 1 amide bonds. The van der Waals surface area contributed by atoms with Crippen LogP contribution in [0.15, 0.2) is 11.4 Å². The monoisotopic (exact) mass is 219 g/mol. The fraction of sp³-hybridized carbons (Fsp3) is 0.667. The minimum Gasteiger partial charge on any atom is -0.465 e. The van der Waals surface area contributed by atoms with E-state index in [-0.39, 0.29) is 31.4 Å². The molecule has 0 spiro atoms. The van der Waals surface area contributed by atoms with Gasteiger partial charge in [0.2, 0.25) is 0 Å². The van der Waals surface area contributed by atoms with Crippen LogP contribution in [-0.4, -0.2) is 53.6 Å². The zero-order valence-electron chi connectivity index (χ0n) is 8.44. The first-order valence-corrected chi connectivity index (χ1v) is 4.61. The Kier molecular flexibility index (Phi) is 4.05. The van der Waals surface area contributed by atoms with E-state index in [1.807, 2.05) is 0 Å². The van der Waals surface area contributed by atoms with Crippen molar-refractivity contribution in [3.05, 3.63) is 11.4 Å². The first-order valence-electron chi connectivity index (χ1n) is 4.61. The Morgan fingerprint density at radius 3 is 2.93 bits per heavy atom. The molecule has 0 aromatic heterocycles. The summed E-state index contributed by atoms with van der Waals surface area (Å²) in [4.78, 5) is 11.8. The molecule has 1 fully saturated rings. The van der Waals surface area contributed by atoms with Gasteiger partial charge < -0.3 is 19.8 Å². The lowest BCUT2D eigenvalue weighted by molar-refractivity contribution is 0.0719. The van der Waals surface area contributed by atoms with E-state index in [9.17, 15) is 9.18 Å². The highest BCUT2D eigenvalue weighted by Crippen LogP contribution is 2.14. The van der Waals surface area contributed by atoms with Crippen LogP contribution in [0.4, 0.5) is 9.18 Å². The maximum atomic E-state index is 13.1. The second-order valence-electron chi connectivity index (χ2n) is 3.45. The number of nitrogens with zero attached hydrogens (tertiary/aromatic N) is 1. The van der Waals surface area contributed by atoms with Gasteiger partial charge in [0, 0.05) is 5.57 Å². The Hall–Kier alpha value is -1.14. The van der Waals surface area contributed by atoms with Gasteiger partial charge in [0.1, 0.15) is 5.83 Å². The van der Waals surface area contributed by atoms with E-state index in [0.29, 0.717) is 0 Å². The van der Waals surface area contributed by atoms with Gasteiger partial charge in [-0.2, -0.15) is 0 Å². The van der Waals surface area contributed by atoms with Crippen molar-refractivity contribution in [2.75, 3.05) is 26.3 Å². The fourth-order valence-corrected chi connectivity index (χ4v) is 1.37. The maximum Gasteiger partial charge on any atom is 0.407 e. The molecule has 5 nitrogen and oxygen atoms in total. The minimum atomic E-state index is -1.12. The third-order valence-corrected chi connectivity index (χ3v) is 2.19. The SMILES string of the molecule is C[C@H]1CN(C(=O)O)CC(=C(F)CO)CO1. The third-order valence-electron chi connectivity index (χ3n) is 2.19. The molecule has 1 aliphatic heterocycles. The Morgan fingerprint density at radius 2 is 2.40 bits per heavy atom. The number of aliphatic hydroxyl groups is 1. The molecule has 2 N–H and O–H groups in total. The molecule has 0 radical (unpaired) electrons. The van der Waals surface area contributed by atoms with Crippen molar-refractivity contribution < 1.29 is 24.1 Å². The first kappa shape index (κ1) is 11.9. The predicted molar refractivity (Wildman–Crippen MR) is 50.2 cm³/mol. The number of hydrogen-bond donors (Lipinski definition) is 2. The van der Waals surface area contributed by atoms with Crippen LogP contribution in [0.2, 0.25) is 0 Å². The summed E-state index contributed by atoms with van der Waals surface area (Å²) in [5, 5.41) is 17.4. The van der Waals surface area contributed by atoms with Crippen molar-refractivity contribution in [1.29, 1.82) is 0 Å². The summed E-state index contributed by atoms with van der Waals surface area (Å²) >= 11 is 0. The van der Waals surface area contributed by atoms with Crippen LogP contribution in [0, 0.1) is 0 Å².